The van der Waals surface area contributed by atoms with Crippen LogP contribution in [0.15, 0.2) is 77.0 Å². The van der Waals surface area contributed by atoms with E-state index in [2.05, 4.69) is 15.6 Å². The summed E-state index contributed by atoms with van der Waals surface area (Å²) in [6.45, 7) is 1.87. The highest BCUT2D eigenvalue weighted by Crippen LogP contribution is 2.38. The molecule has 5 rings (SSSR count). The Balaban J connectivity index is 1.42. The van der Waals surface area contributed by atoms with Crippen molar-refractivity contribution in [1.82, 2.24) is 4.98 Å². The maximum absolute atomic E-state index is 13.3. The van der Waals surface area contributed by atoms with E-state index < -0.39 is 10.0 Å². The number of rotatable bonds is 7. The number of aromatic nitrogens is 1. The van der Waals surface area contributed by atoms with Crippen LogP contribution in [0.2, 0.25) is 0 Å². The summed E-state index contributed by atoms with van der Waals surface area (Å²) < 4.78 is 33.6. The third kappa shape index (κ3) is 4.65. The lowest BCUT2D eigenvalue weighted by Gasteiger charge is -2.24. The molecule has 0 fully saturated rings. The van der Waals surface area contributed by atoms with Gasteiger partial charge in [0.25, 0.3) is 15.9 Å². The molecule has 37 heavy (non-hydrogen) atoms. The highest BCUT2D eigenvalue weighted by molar-refractivity contribution is 7.92. The minimum absolute atomic E-state index is 0.241. The molecule has 0 saturated heterocycles. The van der Waals surface area contributed by atoms with Crippen LogP contribution in [0.4, 0.5) is 16.5 Å². The summed E-state index contributed by atoms with van der Waals surface area (Å²) >= 11 is 1.50. The van der Waals surface area contributed by atoms with Crippen molar-refractivity contribution in [2.24, 2.45) is 0 Å². The lowest BCUT2D eigenvalue weighted by Crippen LogP contribution is -2.35. The lowest BCUT2D eigenvalue weighted by molar-refractivity contribution is 0.102. The molecule has 0 radical (unpaired) electrons. The fraction of sp³-hybridized carbons (Fsp3) is 0.185. The monoisotopic (exact) mass is 534 g/mol. The van der Waals surface area contributed by atoms with E-state index in [1.54, 1.807) is 61.7 Å². The first-order valence-electron chi connectivity index (χ1n) is 11.7. The molecule has 3 aromatic carbocycles. The molecule has 2 N–H and O–H groups in total. The van der Waals surface area contributed by atoms with Crippen molar-refractivity contribution >= 4 is 43.8 Å². The third-order valence-electron chi connectivity index (χ3n) is 6.26. The van der Waals surface area contributed by atoms with Gasteiger partial charge >= 0.3 is 0 Å². The molecule has 4 aromatic rings. The number of carbonyl (C=O) groups is 1. The molecule has 0 bridgehead atoms. The molecular weight excluding hydrogens is 508 g/mol. The number of methoxy groups -OCH3 is 1. The normalized spacial score (nSPS) is 14.8. The summed E-state index contributed by atoms with van der Waals surface area (Å²) in [5.74, 6) is 0.209. The highest BCUT2D eigenvalue weighted by atomic mass is 32.2. The van der Waals surface area contributed by atoms with E-state index in [-0.39, 0.29) is 16.8 Å². The first-order chi connectivity index (χ1) is 17.8. The zero-order valence-electron chi connectivity index (χ0n) is 20.6. The average Bonchev–Trinajstić information content (AvgIpc) is 3.52. The van der Waals surface area contributed by atoms with Gasteiger partial charge in [0.15, 0.2) is 5.13 Å². The lowest BCUT2D eigenvalue weighted by atomic mass is 10.1. The van der Waals surface area contributed by atoms with Crippen LogP contribution in [0.25, 0.3) is 11.3 Å². The topological polar surface area (TPSA) is 101 Å². The van der Waals surface area contributed by atoms with E-state index in [0.29, 0.717) is 29.1 Å². The first-order valence-corrected chi connectivity index (χ1v) is 14.0. The molecule has 190 valence electrons. The van der Waals surface area contributed by atoms with Gasteiger partial charge in [-0.2, -0.15) is 0 Å². The minimum Gasteiger partial charge on any atom is -0.495 e. The molecule has 0 aliphatic carbocycles. The number of carbonyl (C=O) groups excluding carboxylic acids is 1. The molecule has 2 heterocycles. The molecule has 10 heteroatoms. The van der Waals surface area contributed by atoms with E-state index in [1.807, 2.05) is 31.5 Å². The SMILES string of the molecule is CNc1nc(-c2ccc(OC)c(NC(=O)c3ccc4c(c3)C[C@H](C)N4S(=O)(=O)c3ccccc3)c2)cs1. The van der Waals surface area contributed by atoms with Gasteiger partial charge in [-0.3, -0.25) is 9.10 Å². The number of hydrogen-bond acceptors (Lipinski definition) is 7. The van der Waals surface area contributed by atoms with E-state index >= 15 is 0 Å². The first kappa shape index (κ1) is 24.8. The molecule has 1 aliphatic rings. The second-order valence-corrected chi connectivity index (χ2v) is 11.3. The van der Waals surface area contributed by atoms with Gasteiger partial charge in [0.05, 0.1) is 29.1 Å². The summed E-state index contributed by atoms with van der Waals surface area (Å²) in [6, 6.07) is 18.7. The van der Waals surface area contributed by atoms with Crippen LogP contribution in [0.5, 0.6) is 5.75 Å². The zero-order chi connectivity index (χ0) is 26.2. The molecule has 1 amide bonds. The summed E-state index contributed by atoms with van der Waals surface area (Å²) in [6.07, 6.45) is 0.513. The van der Waals surface area contributed by atoms with Gasteiger partial charge in [0, 0.05) is 29.6 Å². The van der Waals surface area contributed by atoms with Gasteiger partial charge in [0.1, 0.15) is 5.75 Å². The summed E-state index contributed by atoms with van der Waals surface area (Å²) in [4.78, 5) is 18.0. The van der Waals surface area contributed by atoms with Crippen LogP contribution < -0.4 is 19.7 Å². The fourth-order valence-electron chi connectivity index (χ4n) is 4.50. The van der Waals surface area contributed by atoms with Crippen molar-refractivity contribution in [2.75, 3.05) is 29.1 Å². The quantitative estimate of drug-likeness (QED) is 0.336. The van der Waals surface area contributed by atoms with Crippen LogP contribution >= 0.6 is 11.3 Å². The Kier molecular flexibility index (Phi) is 6.61. The molecule has 1 aliphatic heterocycles. The van der Waals surface area contributed by atoms with Gasteiger partial charge < -0.3 is 15.4 Å². The van der Waals surface area contributed by atoms with Crippen LogP contribution in [0.1, 0.15) is 22.8 Å². The Morgan fingerprint density at radius 2 is 1.89 bits per heavy atom. The van der Waals surface area contributed by atoms with Crippen molar-refractivity contribution in [3.05, 3.63) is 83.2 Å². The Morgan fingerprint density at radius 3 is 2.59 bits per heavy atom. The fourth-order valence-corrected chi connectivity index (χ4v) is 6.89. The molecule has 1 atom stereocenters. The number of benzene rings is 3. The standard InChI is InChI=1S/C27H26N4O4S2/c1-17-13-20-14-19(9-11-24(20)31(17)37(33,34)21-7-5-4-6-8-21)26(32)29-22-15-18(10-12-25(22)35-3)23-16-36-27(28-2)30-23/h4-12,14-17H,13H2,1-3H3,(H,28,30)(H,29,32)/t17-/m0/s1. The van der Waals surface area contributed by atoms with Crippen LogP contribution in [0, 0.1) is 0 Å². The minimum atomic E-state index is -3.72. The van der Waals surface area contributed by atoms with E-state index in [9.17, 15) is 13.2 Å². The number of amides is 1. The smallest absolute Gasteiger partial charge is 0.264 e. The number of fused-ring (bicyclic) bond motifs is 1. The van der Waals surface area contributed by atoms with Crippen molar-refractivity contribution in [3.63, 3.8) is 0 Å². The number of nitrogens with one attached hydrogen (secondary N) is 2. The summed E-state index contributed by atoms with van der Waals surface area (Å²) in [7, 11) is -0.354. The number of sulfonamides is 1. The number of nitrogens with zero attached hydrogens (tertiary/aromatic N) is 2. The van der Waals surface area contributed by atoms with Gasteiger partial charge in [-0.15, -0.1) is 11.3 Å². The second-order valence-electron chi connectivity index (χ2n) is 8.67. The summed E-state index contributed by atoms with van der Waals surface area (Å²) in [5, 5.41) is 8.71. The molecule has 8 nitrogen and oxygen atoms in total. The van der Waals surface area contributed by atoms with Gasteiger partial charge in [0.2, 0.25) is 0 Å². The van der Waals surface area contributed by atoms with Crippen molar-refractivity contribution < 1.29 is 17.9 Å². The predicted molar refractivity (Wildman–Crippen MR) is 147 cm³/mol. The second kappa shape index (κ2) is 9.87. The van der Waals surface area contributed by atoms with Gasteiger partial charge in [-0.25, -0.2) is 13.4 Å². The van der Waals surface area contributed by atoms with E-state index in [4.69, 9.17) is 4.74 Å². The highest BCUT2D eigenvalue weighted by Gasteiger charge is 2.36. The predicted octanol–water partition coefficient (Wildman–Crippen LogP) is 5.25. The number of hydrogen-bond donors (Lipinski definition) is 2. The van der Waals surface area contributed by atoms with Crippen LogP contribution in [-0.4, -0.2) is 39.5 Å². The Labute approximate surface area is 220 Å². The van der Waals surface area contributed by atoms with Gasteiger partial charge in [-0.05, 0) is 67.4 Å². The van der Waals surface area contributed by atoms with E-state index in [1.165, 1.54) is 15.6 Å². The molecule has 0 spiro atoms. The number of ether oxygens (including phenoxy) is 1. The van der Waals surface area contributed by atoms with Crippen molar-refractivity contribution in [1.29, 1.82) is 0 Å². The van der Waals surface area contributed by atoms with E-state index in [0.717, 1.165) is 22.0 Å². The van der Waals surface area contributed by atoms with Crippen LogP contribution in [-0.2, 0) is 16.4 Å². The molecule has 0 unspecified atom stereocenters. The van der Waals surface area contributed by atoms with Crippen molar-refractivity contribution in [3.8, 4) is 17.0 Å². The summed E-state index contributed by atoms with van der Waals surface area (Å²) in [5.41, 5.74) is 3.99. The third-order valence-corrected chi connectivity index (χ3v) is 9.06. The Morgan fingerprint density at radius 1 is 1.11 bits per heavy atom. The average molecular weight is 535 g/mol. The molecule has 1 aromatic heterocycles. The van der Waals surface area contributed by atoms with Crippen molar-refractivity contribution in [2.45, 2.75) is 24.3 Å². The molecule has 0 saturated carbocycles. The maximum Gasteiger partial charge on any atom is 0.264 e. The maximum atomic E-state index is 13.3. The Hall–Kier alpha value is -3.89. The zero-order valence-corrected chi connectivity index (χ0v) is 22.2. The number of thiazole rings is 1. The largest absolute Gasteiger partial charge is 0.495 e. The molecular formula is C27H26N4O4S2. The Bertz CT molecular complexity index is 1570. The van der Waals surface area contributed by atoms with Gasteiger partial charge in [-0.1, -0.05) is 18.2 Å². The number of anilines is 3. The van der Waals surface area contributed by atoms with Crippen LogP contribution in [0.3, 0.4) is 0 Å².